The molecule has 0 bridgehead atoms. The van der Waals surface area contributed by atoms with Crippen LogP contribution in [0.25, 0.3) is 16.5 Å². The van der Waals surface area contributed by atoms with Gasteiger partial charge in [0.2, 0.25) is 0 Å². The molecule has 0 aliphatic carbocycles. The number of pyridine rings is 1. The number of carbonyl (C=O) groups excluding carboxylic acids is 1. The number of esters is 1. The zero-order valence-electron chi connectivity index (χ0n) is 18.1. The highest BCUT2D eigenvalue weighted by molar-refractivity contribution is 5.92. The number of aromatic nitrogens is 3. The Kier molecular flexibility index (Phi) is 6.28. The summed E-state index contributed by atoms with van der Waals surface area (Å²) >= 11 is 0. The summed E-state index contributed by atoms with van der Waals surface area (Å²) in [4.78, 5) is 37.5. The van der Waals surface area contributed by atoms with Crippen LogP contribution in [0.15, 0.2) is 76.4 Å². The first-order chi connectivity index (χ1) is 16.7. The molecule has 35 heavy (non-hydrogen) atoms. The molecular formula is C23H17F3N4O5. The van der Waals surface area contributed by atoms with E-state index in [1.54, 1.807) is 30.3 Å². The molecule has 2 aromatic heterocycles. The Morgan fingerprint density at radius 2 is 1.66 bits per heavy atom. The first kappa shape index (κ1) is 23.5. The van der Waals surface area contributed by atoms with Gasteiger partial charge in [-0.25, -0.2) is 0 Å². The maximum atomic E-state index is 13.1. The van der Waals surface area contributed by atoms with Gasteiger partial charge in [0.05, 0.1) is 18.2 Å². The number of ether oxygens (including phenoxy) is 2. The van der Waals surface area contributed by atoms with Crippen LogP contribution in [0.3, 0.4) is 0 Å². The van der Waals surface area contributed by atoms with Crippen LogP contribution in [0, 0.1) is 0 Å². The predicted octanol–water partition coefficient (Wildman–Crippen LogP) is 3.36. The van der Waals surface area contributed by atoms with Crippen LogP contribution in [0.5, 0.6) is 5.75 Å². The quantitative estimate of drug-likeness (QED) is 0.417. The van der Waals surface area contributed by atoms with E-state index >= 15 is 0 Å². The van der Waals surface area contributed by atoms with Crippen molar-refractivity contribution in [3.05, 3.63) is 87.6 Å². The molecular weight excluding hydrogens is 469 g/mol. The Hall–Kier alpha value is -4.61. The van der Waals surface area contributed by atoms with Gasteiger partial charge in [-0.2, -0.15) is 4.68 Å². The fourth-order valence-corrected chi connectivity index (χ4v) is 3.33. The van der Waals surface area contributed by atoms with Crippen molar-refractivity contribution in [1.29, 1.82) is 0 Å². The Morgan fingerprint density at radius 3 is 2.31 bits per heavy atom. The van der Waals surface area contributed by atoms with Crippen molar-refractivity contribution in [1.82, 2.24) is 14.3 Å². The zero-order chi connectivity index (χ0) is 25.2. The molecule has 0 saturated carbocycles. The summed E-state index contributed by atoms with van der Waals surface area (Å²) in [6.45, 7) is -0.301. The summed E-state index contributed by atoms with van der Waals surface area (Å²) < 4.78 is 48.0. The Labute approximate surface area is 194 Å². The first-order valence-electron chi connectivity index (χ1n) is 10.1. The van der Waals surface area contributed by atoms with Gasteiger partial charge in [0.25, 0.3) is 11.1 Å². The maximum Gasteiger partial charge on any atom is 0.573 e. The van der Waals surface area contributed by atoms with Gasteiger partial charge in [-0.15, -0.1) is 18.3 Å². The largest absolute Gasteiger partial charge is 0.573 e. The number of halogens is 3. The van der Waals surface area contributed by atoms with Crippen LogP contribution >= 0.6 is 0 Å². The number of fused-ring (bicyclic) bond motifs is 1. The van der Waals surface area contributed by atoms with E-state index in [0.29, 0.717) is 5.39 Å². The van der Waals surface area contributed by atoms with E-state index < -0.39 is 29.2 Å². The van der Waals surface area contributed by atoms with Gasteiger partial charge in [-0.05, 0) is 42.5 Å². The van der Waals surface area contributed by atoms with Gasteiger partial charge in [-0.1, -0.05) is 18.2 Å². The van der Waals surface area contributed by atoms with Crippen molar-refractivity contribution in [2.75, 3.05) is 12.4 Å². The molecule has 0 spiro atoms. The molecule has 180 valence electrons. The van der Waals surface area contributed by atoms with Crippen LogP contribution in [0.4, 0.5) is 24.7 Å². The van der Waals surface area contributed by atoms with Gasteiger partial charge in [0.1, 0.15) is 18.0 Å². The summed E-state index contributed by atoms with van der Waals surface area (Å²) in [5.74, 6) is -0.924. The average Bonchev–Trinajstić information content (AvgIpc) is 2.83. The number of nitrogens with zero attached hydrogens (tertiary/aromatic N) is 3. The second kappa shape index (κ2) is 9.33. The number of carbonyl (C=O) groups is 1. The summed E-state index contributed by atoms with van der Waals surface area (Å²) in [6, 6.07) is 14.2. The summed E-state index contributed by atoms with van der Waals surface area (Å²) in [5, 5.41) is 7.87. The average molecular weight is 486 g/mol. The Bertz CT molecular complexity index is 1510. The molecule has 1 N–H and O–H groups in total. The van der Waals surface area contributed by atoms with E-state index in [1.165, 1.54) is 31.5 Å². The fraction of sp³-hybridized carbons (Fsp3) is 0.130. The van der Waals surface area contributed by atoms with Crippen LogP contribution < -0.4 is 21.2 Å². The molecule has 0 radical (unpaired) electrons. The van der Waals surface area contributed by atoms with Crippen molar-refractivity contribution in [2.24, 2.45) is 0 Å². The smallest absolute Gasteiger partial charge is 0.468 e. The summed E-state index contributed by atoms with van der Waals surface area (Å²) in [6.07, 6.45) is -3.44. The lowest BCUT2D eigenvalue weighted by Gasteiger charge is -2.14. The van der Waals surface area contributed by atoms with E-state index in [-0.39, 0.29) is 29.1 Å². The van der Waals surface area contributed by atoms with Crippen LogP contribution in [-0.4, -0.2) is 33.8 Å². The number of nitrogens with one attached hydrogen (secondary N) is 1. The molecule has 0 fully saturated rings. The molecule has 9 nitrogen and oxygen atoms in total. The normalized spacial score (nSPS) is 11.3. The molecule has 12 heteroatoms. The SMILES string of the molecule is COC(=O)Cn1cccc(Nc2nn(-c3ccc(OC(F)(F)F)cc3)c(=O)c3ccccc23)c1=O. The van der Waals surface area contributed by atoms with Crippen molar-refractivity contribution in [3.8, 4) is 11.4 Å². The zero-order valence-corrected chi connectivity index (χ0v) is 18.1. The lowest BCUT2D eigenvalue weighted by Crippen LogP contribution is -2.27. The molecule has 0 atom stereocenters. The monoisotopic (exact) mass is 486 g/mol. The minimum atomic E-state index is -4.85. The molecule has 2 aromatic carbocycles. The van der Waals surface area contributed by atoms with Gasteiger partial charge in [0, 0.05) is 11.6 Å². The minimum Gasteiger partial charge on any atom is -0.468 e. The first-order valence-corrected chi connectivity index (χ1v) is 10.1. The molecule has 0 aliphatic rings. The number of hydrogen-bond acceptors (Lipinski definition) is 7. The third-order valence-electron chi connectivity index (χ3n) is 4.92. The minimum absolute atomic E-state index is 0.0770. The second-order valence-electron chi connectivity index (χ2n) is 7.21. The van der Waals surface area contributed by atoms with Gasteiger partial charge < -0.3 is 19.4 Å². The highest BCUT2D eigenvalue weighted by atomic mass is 19.4. The molecule has 0 unspecified atom stereocenters. The second-order valence-corrected chi connectivity index (χ2v) is 7.21. The number of anilines is 2. The standard InChI is InChI=1S/C23H17F3N4O5/c1-34-19(31)13-29-12-4-7-18(22(29)33)27-20-16-5-2-3-6-17(16)21(32)30(28-20)14-8-10-15(11-9-14)35-23(24,25)26/h2-12H,13H2,1H3,(H,27,28). The van der Waals surface area contributed by atoms with Crippen molar-refractivity contribution in [2.45, 2.75) is 12.9 Å². The van der Waals surface area contributed by atoms with E-state index in [0.717, 1.165) is 21.4 Å². The molecule has 0 saturated heterocycles. The van der Waals surface area contributed by atoms with Gasteiger partial charge >= 0.3 is 12.3 Å². The number of alkyl halides is 3. The number of hydrogen-bond donors (Lipinski definition) is 1. The highest BCUT2D eigenvalue weighted by Gasteiger charge is 2.31. The predicted molar refractivity (Wildman–Crippen MR) is 120 cm³/mol. The van der Waals surface area contributed by atoms with E-state index in [2.05, 4.69) is 19.9 Å². The van der Waals surface area contributed by atoms with Crippen LogP contribution in [0.1, 0.15) is 0 Å². The van der Waals surface area contributed by atoms with E-state index in [1.807, 2.05) is 0 Å². The lowest BCUT2D eigenvalue weighted by atomic mass is 10.2. The summed E-state index contributed by atoms with van der Waals surface area (Å²) in [7, 11) is 1.20. The van der Waals surface area contributed by atoms with Crippen LogP contribution in [0.2, 0.25) is 0 Å². The topological polar surface area (TPSA) is 104 Å². The van der Waals surface area contributed by atoms with Gasteiger partial charge in [0.15, 0.2) is 5.82 Å². The number of methoxy groups -OCH3 is 1. The van der Waals surface area contributed by atoms with E-state index in [9.17, 15) is 27.6 Å². The number of rotatable bonds is 6. The van der Waals surface area contributed by atoms with Crippen molar-refractivity contribution in [3.63, 3.8) is 0 Å². The Morgan fingerprint density at radius 1 is 0.971 bits per heavy atom. The third kappa shape index (κ3) is 5.16. The fourth-order valence-electron chi connectivity index (χ4n) is 3.33. The molecule has 0 aliphatic heterocycles. The molecule has 4 aromatic rings. The maximum absolute atomic E-state index is 13.1. The Balaban J connectivity index is 1.78. The molecule has 4 rings (SSSR count). The molecule has 2 heterocycles. The summed E-state index contributed by atoms with van der Waals surface area (Å²) in [5.41, 5.74) is -0.801. The number of benzene rings is 2. The lowest BCUT2D eigenvalue weighted by molar-refractivity contribution is -0.274. The van der Waals surface area contributed by atoms with Crippen molar-refractivity contribution >= 4 is 28.2 Å². The van der Waals surface area contributed by atoms with E-state index in [4.69, 9.17) is 0 Å². The molecule has 0 amide bonds. The van der Waals surface area contributed by atoms with Crippen LogP contribution in [-0.2, 0) is 16.1 Å². The van der Waals surface area contributed by atoms with Crippen molar-refractivity contribution < 1.29 is 27.4 Å². The highest BCUT2D eigenvalue weighted by Crippen LogP contribution is 2.25. The third-order valence-corrected chi connectivity index (χ3v) is 4.92. The van der Waals surface area contributed by atoms with Gasteiger partial charge in [-0.3, -0.25) is 14.4 Å².